The maximum absolute atomic E-state index is 5.85. The van der Waals surface area contributed by atoms with E-state index in [1.807, 2.05) is 18.2 Å². The van der Waals surface area contributed by atoms with Crippen LogP contribution in [0.3, 0.4) is 0 Å². The van der Waals surface area contributed by atoms with Crippen molar-refractivity contribution in [2.75, 3.05) is 5.73 Å². The van der Waals surface area contributed by atoms with Gasteiger partial charge in [0.05, 0.1) is 11.0 Å². The van der Waals surface area contributed by atoms with Crippen LogP contribution in [-0.4, -0.2) is 9.55 Å². The molecule has 0 unspecified atom stereocenters. The number of hydrogen-bond acceptors (Lipinski definition) is 2. The fourth-order valence-electron chi connectivity index (χ4n) is 2.62. The third kappa shape index (κ3) is 2.27. The highest BCUT2D eigenvalue weighted by molar-refractivity contribution is 5.79. The Balaban J connectivity index is 1.88. The smallest absolute Gasteiger partial charge is 0.109 e. The second-order valence-electron chi connectivity index (χ2n) is 5.26. The highest BCUT2D eigenvalue weighted by atomic mass is 15.1. The largest absolute Gasteiger partial charge is 0.399 e. The minimum absolute atomic E-state index is 0.783. The average molecular weight is 265 g/mol. The second-order valence-corrected chi connectivity index (χ2v) is 5.26. The van der Waals surface area contributed by atoms with Crippen LogP contribution >= 0.6 is 0 Å². The van der Waals surface area contributed by atoms with Crippen LogP contribution in [0.5, 0.6) is 0 Å². The molecule has 1 aromatic heterocycles. The minimum atomic E-state index is 0.783. The van der Waals surface area contributed by atoms with E-state index in [9.17, 15) is 0 Å². The van der Waals surface area contributed by atoms with Crippen molar-refractivity contribution in [1.82, 2.24) is 9.55 Å². The van der Waals surface area contributed by atoms with Crippen LogP contribution in [0.4, 0.5) is 5.69 Å². The lowest BCUT2D eigenvalue weighted by atomic mass is 10.0. The lowest BCUT2D eigenvalue weighted by Crippen LogP contribution is -2.01. The van der Waals surface area contributed by atoms with E-state index in [0.29, 0.717) is 0 Å². The Labute approximate surface area is 119 Å². The summed E-state index contributed by atoms with van der Waals surface area (Å²) in [5.41, 5.74) is 11.5. The molecule has 20 heavy (non-hydrogen) atoms. The van der Waals surface area contributed by atoms with Crippen LogP contribution in [0, 0.1) is 6.92 Å². The van der Waals surface area contributed by atoms with Crippen LogP contribution in [0.25, 0.3) is 11.0 Å². The molecule has 0 aliphatic carbocycles. The molecule has 3 heteroatoms. The Bertz CT molecular complexity index is 756. The maximum Gasteiger partial charge on any atom is 0.109 e. The first-order valence-electron chi connectivity index (χ1n) is 6.90. The number of fused-ring (bicyclic) bond motifs is 1. The van der Waals surface area contributed by atoms with E-state index in [2.05, 4.69) is 42.8 Å². The summed E-state index contributed by atoms with van der Waals surface area (Å²) in [6.07, 6.45) is 1.95. The molecular formula is C17H19N3. The van der Waals surface area contributed by atoms with Gasteiger partial charge in [0.25, 0.3) is 0 Å². The lowest BCUT2D eigenvalue weighted by Gasteiger charge is -2.05. The molecule has 0 saturated heterocycles. The van der Waals surface area contributed by atoms with E-state index in [1.165, 1.54) is 11.1 Å². The van der Waals surface area contributed by atoms with Gasteiger partial charge in [-0.15, -0.1) is 0 Å². The minimum Gasteiger partial charge on any atom is -0.399 e. The predicted molar refractivity (Wildman–Crippen MR) is 83.7 cm³/mol. The maximum atomic E-state index is 5.85. The van der Waals surface area contributed by atoms with Gasteiger partial charge >= 0.3 is 0 Å². The molecule has 2 aromatic carbocycles. The summed E-state index contributed by atoms with van der Waals surface area (Å²) in [5.74, 6) is 1.11. The van der Waals surface area contributed by atoms with Crippen molar-refractivity contribution in [3.63, 3.8) is 0 Å². The number of anilines is 1. The number of rotatable bonds is 3. The second kappa shape index (κ2) is 5.00. The molecule has 1 heterocycles. The third-order valence-corrected chi connectivity index (χ3v) is 3.88. The Morgan fingerprint density at radius 1 is 1.10 bits per heavy atom. The van der Waals surface area contributed by atoms with Gasteiger partial charge in [0.15, 0.2) is 0 Å². The van der Waals surface area contributed by atoms with Gasteiger partial charge in [0.1, 0.15) is 5.82 Å². The SMILES string of the molecule is Cc1ccccc1CCc1nc2ccc(N)cc2n1C. The van der Waals surface area contributed by atoms with E-state index < -0.39 is 0 Å². The van der Waals surface area contributed by atoms with Crippen molar-refractivity contribution in [2.24, 2.45) is 7.05 Å². The Morgan fingerprint density at radius 3 is 2.70 bits per heavy atom. The number of aryl methyl sites for hydroxylation is 4. The zero-order valence-corrected chi connectivity index (χ0v) is 11.9. The molecule has 0 saturated carbocycles. The van der Waals surface area contributed by atoms with E-state index in [0.717, 1.165) is 35.4 Å². The summed E-state index contributed by atoms with van der Waals surface area (Å²) in [4.78, 5) is 4.71. The fraction of sp³-hybridized carbons (Fsp3) is 0.235. The zero-order chi connectivity index (χ0) is 14.1. The van der Waals surface area contributed by atoms with Gasteiger partial charge < -0.3 is 10.3 Å². The number of nitrogens with zero attached hydrogens (tertiary/aromatic N) is 2. The summed E-state index contributed by atoms with van der Waals surface area (Å²) in [5, 5.41) is 0. The van der Waals surface area contributed by atoms with Gasteiger partial charge in [-0.2, -0.15) is 0 Å². The summed E-state index contributed by atoms with van der Waals surface area (Å²) >= 11 is 0. The predicted octanol–water partition coefficient (Wildman–Crippen LogP) is 3.25. The fourth-order valence-corrected chi connectivity index (χ4v) is 2.62. The Hall–Kier alpha value is -2.29. The van der Waals surface area contributed by atoms with Crippen LogP contribution in [0.1, 0.15) is 17.0 Å². The van der Waals surface area contributed by atoms with Gasteiger partial charge in [-0.1, -0.05) is 24.3 Å². The first-order valence-corrected chi connectivity index (χ1v) is 6.90. The van der Waals surface area contributed by atoms with Crippen molar-refractivity contribution in [2.45, 2.75) is 19.8 Å². The summed E-state index contributed by atoms with van der Waals surface area (Å²) in [6, 6.07) is 14.4. The van der Waals surface area contributed by atoms with Crippen molar-refractivity contribution in [3.05, 3.63) is 59.4 Å². The topological polar surface area (TPSA) is 43.8 Å². The number of benzene rings is 2. The number of nitrogen functional groups attached to an aromatic ring is 1. The van der Waals surface area contributed by atoms with Crippen LogP contribution in [-0.2, 0) is 19.9 Å². The van der Waals surface area contributed by atoms with Crippen LogP contribution in [0.2, 0.25) is 0 Å². The first kappa shape index (κ1) is 12.7. The van der Waals surface area contributed by atoms with Crippen molar-refractivity contribution < 1.29 is 0 Å². The van der Waals surface area contributed by atoms with E-state index in [-0.39, 0.29) is 0 Å². The third-order valence-electron chi connectivity index (χ3n) is 3.88. The molecular weight excluding hydrogens is 246 g/mol. The molecule has 0 spiro atoms. The van der Waals surface area contributed by atoms with Crippen LogP contribution in [0.15, 0.2) is 42.5 Å². The molecule has 3 aromatic rings. The molecule has 0 atom stereocenters. The molecule has 0 aliphatic rings. The first-order chi connectivity index (χ1) is 9.65. The van der Waals surface area contributed by atoms with Gasteiger partial charge in [-0.3, -0.25) is 0 Å². The van der Waals surface area contributed by atoms with Crippen LogP contribution < -0.4 is 5.73 Å². The van der Waals surface area contributed by atoms with E-state index in [4.69, 9.17) is 10.7 Å². The van der Waals surface area contributed by atoms with Crippen molar-refractivity contribution >= 4 is 16.7 Å². The number of nitrogens with two attached hydrogens (primary N) is 1. The highest BCUT2D eigenvalue weighted by Gasteiger charge is 2.08. The normalized spacial score (nSPS) is 11.1. The van der Waals surface area contributed by atoms with E-state index >= 15 is 0 Å². The van der Waals surface area contributed by atoms with Crippen molar-refractivity contribution in [1.29, 1.82) is 0 Å². The average Bonchev–Trinajstić information content (AvgIpc) is 2.75. The molecule has 0 fully saturated rings. The monoisotopic (exact) mass is 265 g/mol. The quantitative estimate of drug-likeness (QED) is 0.739. The molecule has 0 amide bonds. The summed E-state index contributed by atoms with van der Waals surface area (Å²) in [6.45, 7) is 2.16. The Morgan fingerprint density at radius 2 is 1.90 bits per heavy atom. The molecule has 102 valence electrons. The summed E-state index contributed by atoms with van der Waals surface area (Å²) in [7, 11) is 2.06. The molecule has 0 aliphatic heterocycles. The summed E-state index contributed by atoms with van der Waals surface area (Å²) < 4.78 is 2.14. The van der Waals surface area contributed by atoms with Gasteiger partial charge in [0.2, 0.25) is 0 Å². The van der Waals surface area contributed by atoms with Gasteiger partial charge in [-0.25, -0.2) is 4.98 Å². The number of hydrogen-bond donors (Lipinski definition) is 1. The lowest BCUT2D eigenvalue weighted by molar-refractivity contribution is 0.785. The molecule has 2 N–H and O–H groups in total. The van der Waals surface area contributed by atoms with Crippen molar-refractivity contribution in [3.8, 4) is 0 Å². The van der Waals surface area contributed by atoms with E-state index in [1.54, 1.807) is 0 Å². The van der Waals surface area contributed by atoms with Gasteiger partial charge in [-0.05, 0) is 42.7 Å². The zero-order valence-electron chi connectivity index (χ0n) is 11.9. The number of imidazole rings is 1. The molecule has 0 bridgehead atoms. The highest BCUT2D eigenvalue weighted by Crippen LogP contribution is 2.19. The Kier molecular flexibility index (Phi) is 3.18. The number of aromatic nitrogens is 2. The van der Waals surface area contributed by atoms with Gasteiger partial charge in [0, 0.05) is 19.2 Å². The molecule has 3 rings (SSSR count). The molecule has 0 radical (unpaired) electrons. The molecule has 3 nitrogen and oxygen atoms in total. The standard InChI is InChI=1S/C17H19N3/c1-12-5-3-4-6-13(12)7-10-17-19-15-9-8-14(18)11-16(15)20(17)2/h3-6,8-9,11H,7,10,18H2,1-2H3.